The highest BCUT2D eigenvalue weighted by molar-refractivity contribution is 7.89. The van der Waals surface area contributed by atoms with Crippen molar-refractivity contribution in [1.82, 2.24) is 4.72 Å². The summed E-state index contributed by atoms with van der Waals surface area (Å²) < 4.78 is 39.3. The summed E-state index contributed by atoms with van der Waals surface area (Å²) in [5.41, 5.74) is 0.908. The normalized spacial score (nSPS) is 13.4. The Bertz CT molecular complexity index is 606. The Labute approximate surface area is 109 Å². The van der Waals surface area contributed by atoms with E-state index in [-0.39, 0.29) is 10.9 Å². The van der Waals surface area contributed by atoms with Crippen molar-refractivity contribution < 1.29 is 12.8 Å². The molecule has 6 heteroatoms. The maximum atomic E-state index is 12.7. The van der Waals surface area contributed by atoms with Crippen molar-refractivity contribution in [1.29, 1.82) is 0 Å². The van der Waals surface area contributed by atoms with Crippen LogP contribution in [0.25, 0.3) is 0 Å². The van der Waals surface area contributed by atoms with Gasteiger partial charge in [0.15, 0.2) is 0 Å². The molecule has 0 saturated carbocycles. The van der Waals surface area contributed by atoms with Crippen LogP contribution in [-0.2, 0) is 10.0 Å². The average molecular weight is 285 g/mol. The van der Waals surface area contributed by atoms with Crippen LogP contribution < -0.4 is 4.72 Å². The second-order valence-electron chi connectivity index (χ2n) is 3.85. The molecule has 1 atom stereocenters. The Balaban J connectivity index is 2.20. The van der Waals surface area contributed by atoms with Gasteiger partial charge < -0.3 is 0 Å². The quantitative estimate of drug-likeness (QED) is 0.939. The third-order valence-corrected chi connectivity index (χ3v) is 4.76. The van der Waals surface area contributed by atoms with Crippen molar-refractivity contribution in [3.8, 4) is 0 Å². The van der Waals surface area contributed by atoms with E-state index >= 15 is 0 Å². The van der Waals surface area contributed by atoms with E-state index in [9.17, 15) is 12.8 Å². The fourth-order valence-electron chi connectivity index (χ4n) is 1.50. The first-order valence-electron chi connectivity index (χ1n) is 5.29. The van der Waals surface area contributed by atoms with E-state index in [0.717, 1.165) is 17.7 Å². The Kier molecular flexibility index (Phi) is 3.79. The zero-order chi connectivity index (χ0) is 13.2. The van der Waals surface area contributed by atoms with Gasteiger partial charge in [-0.05, 0) is 53.6 Å². The van der Waals surface area contributed by atoms with Gasteiger partial charge >= 0.3 is 0 Å². The van der Waals surface area contributed by atoms with Crippen molar-refractivity contribution in [3.63, 3.8) is 0 Å². The SMILES string of the molecule is CC(NS(=O)(=O)c1ccc(F)cc1)c1ccsc1. The van der Waals surface area contributed by atoms with E-state index in [0.29, 0.717) is 0 Å². The van der Waals surface area contributed by atoms with Gasteiger partial charge in [0, 0.05) is 6.04 Å². The van der Waals surface area contributed by atoms with Crippen LogP contribution in [0.2, 0.25) is 0 Å². The maximum Gasteiger partial charge on any atom is 0.241 e. The molecule has 0 amide bonds. The van der Waals surface area contributed by atoms with Crippen molar-refractivity contribution >= 4 is 21.4 Å². The van der Waals surface area contributed by atoms with Gasteiger partial charge in [-0.15, -0.1) is 0 Å². The number of hydrogen-bond acceptors (Lipinski definition) is 3. The molecule has 1 unspecified atom stereocenters. The van der Waals surface area contributed by atoms with Crippen LogP contribution in [0.3, 0.4) is 0 Å². The Morgan fingerprint density at radius 1 is 1.22 bits per heavy atom. The lowest BCUT2D eigenvalue weighted by atomic mass is 10.2. The number of nitrogens with one attached hydrogen (secondary N) is 1. The highest BCUT2D eigenvalue weighted by Gasteiger charge is 2.18. The Morgan fingerprint density at radius 2 is 1.89 bits per heavy atom. The van der Waals surface area contributed by atoms with Crippen LogP contribution in [0.1, 0.15) is 18.5 Å². The fraction of sp³-hybridized carbons (Fsp3) is 0.167. The monoisotopic (exact) mass is 285 g/mol. The van der Waals surface area contributed by atoms with Gasteiger partial charge in [-0.25, -0.2) is 17.5 Å². The van der Waals surface area contributed by atoms with Gasteiger partial charge in [-0.1, -0.05) is 0 Å². The molecule has 0 aliphatic carbocycles. The van der Waals surface area contributed by atoms with Gasteiger partial charge in [-0.3, -0.25) is 0 Å². The maximum absolute atomic E-state index is 12.7. The molecule has 3 nitrogen and oxygen atoms in total. The zero-order valence-corrected chi connectivity index (χ0v) is 11.3. The van der Waals surface area contributed by atoms with E-state index in [4.69, 9.17) is 0 Å². The minimum absolute atomic E-state index is 0.0611. The lowest BCUT2D eigenvalue weighted by Gasteiger charge is -2.13. The summed E-state index contributed by atoms with van der Waals surface area (Å²) in [6.45, 7) is 1.77. The zero-order valence-electron chi connectivity index (χ0n) is 9.63. The van der Waals surface area contributed by atoms with Gasteiger partial charge in [0.25, 0.3) is 0 Å². The van der Waals surface area contributed by atoms with Crippen LogP contribution in [-0.4, -0.2) is 8.42 Å². The summed E-state index contributed by atoms with van der Waals surface area (Å²) in [7, 11) is -3.61. The van der Waals surface area contributed by atoms with E-state index in [1.54, 1.807) is 6.92 Å². The molecule has 0 radical (unpaired) electrons. The molecular formula is C12H12FNO2S2. The molecular weight excluding hydrogens is 273 g/mol. The molecule has 0 aliphatic rings. The molecule has 1 aromatic heterocycles. The topological polar surface area (TPSA) is 46.2 Å². The van der Waals surface area contributed by atoms with Crippen LogP contribution in [0, 0.1) is 5.82 Å². The summed E-state index contributed by atoms with van der Waals surface area (Å²) in [4.78, 5) is 0.0611. The predicted molar refractivity (Wildman–Crippen MR) is 69.5 cm³/mol. The average Bonchev–Trinajstić information content (AvgIpc) is 2.82. The summed E-state index contributed by atoms with van der Waals surface area (Å²) in [5, 5.41) is 3.77. The lowest BCUT2D eigenvalue weighted by Crippen LogP contribution is -2.26. The van der Waals surface area contributed by atoms with Gasteiger partial charge in [-0.2, -0.15) is 11.3 Å². The van der Waals surface area contributed by atoms with E-state index in [2.05, 4.69) is 4.72 Å². The van der Waals surface area contributed by atoms with Crippen LogP contribution in [0.15, 0.2) is 46.0 Å². The van der Waals surface area contributed by atoms with Crippen molar-refractivity contribution in [2.24, 2.45) is 0 Å². The first kappa shape index (κ1) is 13.2. The third-order valence-electron chi connectivity index (χ3n) is 2.50. The minimum atomic E-state index is -3.61. The lowest BCUT2D eigenvalue weighted by molar-refractivity contribution is 0.566. The number of benzene rings is 1. The Hall–Kier alpha value is -1.24. The van der Waals surface area contributed by atoms with E-state index in [1.807, 2.05) is 16.8 Å². The standard InChI is InChI=1S/C12H12FNO2S2/c1-9(10-6-7-17-8-10)14-18(15,16)12-4-2-11(13)3-5-12/h2-9,14H,1H3. The first-order chi connectivity index (χ1) is 8.49. The van der Waals surface area contributed by atoms with Gasteiger partial charge in [0.2, 0.25) is 10.0 Å². The molecule has 2 aromatic rings. The smallest absolute Gasteiger partial charge is 0.207 e. The van der Waals surface area contributed by atoms with Crippen LogP contribution in [0.4, 0.5) is 4.39 Å². The predicted octanol–water partition coefficient (Wildman–Crippen LogP) is 2.93. The van der Waals surface area contributed by atoms with Crippen molar-refractivity contribution in [2.75, 3.05) is 0 Å². The fourth-order valence-corrected chi connectivity index (χ4v) is 3.49. The molecule has 96 valence electrons. The molecule has 1 heterocycles. The van der Waals surface area contributed by atoms with E-state index < -0.39 is 15.8 Å². The highest BCUT2D eigenvalue weighted by atomic mass is 32.2. The second kappa shape index (κ2) is 5.17. The number of hydrogen-bond donors (Lipinski definition) is 1. The minimum Gasteiger partial charge on any atom is -0.207 e. The van der Waals surface area contributed by atoms with E-state index in [1.165, 1.54) is 23.5 Å². The third kappa shape index (κ3) is 2.95. The van der Waals surface area contributed by atoms with Crippen molar-refractivity contribution in [3.05, 3.63) is 52.5 Å². The van der Waals surface area contributed by atoms with Crippen LogP contribution in [0.5, 0.6) is 0 Å². The molecule has 2 rings (SSSR count). The van der Waals surface area contributed by atoms with Crippen molar-refractivity contribution in [2.45, 2.75) is 17.9 Å². The summed E-state index contributed by atoms with van der Waals surface area (Å²) in [6.07, 6.45) is 0. The molecule has 1 aromatic carbocycles. The molecule has 0 saturated heterocycles. The largest absolute Gasteiger partial charge is 0.241 e. The number of halogens is 1. The molecule has 18 heavy (non-hydrogen) atoms. The molecule has 1 N–H and O–H groups in total. The van der Waals surface area contributed by atoms with Gasteiger partial charge in [0.05, 0.1) is 4.90 Å². The molecule has 0 bridgehead atoms. The molecule has 0 aliphatic heterocycles. The van der Waals surface area contributed by atoms with Crippen LogP contribution >= 0.6 is 11.3 Å². The second-order valence-corrected chi connectivity index (χ2v) is 6.35. The summed E-state index contributed by atoms with van der Waals surface area (Å²) in [5.74, 6) is -0.458. The number of thiophene rings is 1. The first-order valence-corrected chi connectivity index (χ1v) is 7.71. The number of sulfonamides is 1. The Morgan fingerprint density at radius 3 is 2.44 bits per heavy atom. The molecule has 0 spiro atoms. The van der Waals surface area contributed by atoms with Gasteiger partial charge in [0.1, 0.15) is 5.82 Å². The highest BCUT2D eigenvalue weighted by Crippen LogP contribution is 2.19. The summed E-state index contributed by atoms with van der Waals surface area (Å²) in [6, 6.07) is 6.30. The molecule has 0 fully saturated rings. The number of rotatable bonds is 4. The summed E-state index contributed by atoms with van der Waals surface area (Å²) >= 11 is 1.51.